The minimum atomic E-state index is -3.14. The normalized spacial score (nSPS) is 16.6. The highest BCUT2D eigenvalue weighted by molar-refractivity contribution is 7.88. The minimum absolute atomic E-state index is 0.106. The summed E-state index contributed by atoms with van der Waals surface area (Å²) in [4.78, 5) is 23.9. The van der Waals surface area contributed by atoms with E-state index in [1.807, 2.05) is 0 Å². The number of hydrogen-bond donors (Lipinski definition) is 2. The van der Waals surface area contributed by atoms with E-state index in [0.717, 1.165) is 0 Å². The molecular formula is C16H25N3O5S. The summed E-state index contributed by atoms with van der Waals surface area (Å²) in [5, 5.41) is 5.36. The zero-order valence-electron chi connectivity index (χ0n) is 14.8. The van der Waals surface area contributed by atoms with Gasteiger partial charge in [-0.3, -0.25) is 9.59 Å². The molecule has 2 amide bonds. The maximum atomic E-state index is 12.0. The molecule has 8 nitrogen and oxygen atoms in total. The molecule has 0 radical (unpaired) electrons. The lowest BCUT2D eigenvalue weighted by atomic mass is 9.98. The van der Waals surface area contributed by atoms with E-state index in [9.17, 15) is 18.0 Å². The summed E-state index contributed by atoms with van der Waals surface area (Å²) in [7, 11) is -3.14. The quantitative estimate of drug-likeness (QED) is 0.753. The second kappa shape index (κ2) is 8.01. The van der Waals surface area contributed by atoms with Gasteiger partial charge in [-0.1, -0.05) is 0 Å². The fourth-order valence-corrected chi connectivity index (χ4v) is 3.75. The lowest BCUT2D eigenvalue weighted by Crippen LogP contribution is -2.43. The monoisotopic (exact) mass is 371 g/mol. The van der Waals surface area contributed by atoms with Crippen LogP contribution in [0.15, 0.2) is 10.5 Å². The van der Waals surface area contributed by atoms with E-state index < -0.39 is 10.0 Å². The minimum Gasteiger partial charge on any atom is -0.466 e. The first-order chi connectivity index (χ1) is 11.7. The van der Waals surface area contributed by atoms with E-state index in [4.69, 9.17) is 4.42 Å². The Morgan fingerprint density at radius 1 is 1.24 bits per heavy atom. The highest BCUT2D eigenvalue weighted by Gasteiger charge is 2.25. The molecule has 2 N–H and O–H groups in total. The third-order valence-corrected chi connectivity index (χ3v) is 5.63. The molecule has 0 aliphatic carbocycles. The highest BCUT2D eigenvalue weighted by Crippen LogP contribution is 2.18. The van der Waals surface area contributed by atoms with Crippen molar-refractivity contribution in [3.63, 3.8) is 0 Å². The average molecular weight is 371 g/mol. The zero-order chi connectivity index (χ0) is 18.6. The predicted octanol–water partition coefficient (Wildman–Crippen LogP) is 0.414. The summed E-state index contributed by atoms with van der Waals surface area (Å²) >= 11 is 0. The van der Waals surface area contributed by atoms with Gasteiger partial charge in [-0.2, -0.15) is 0 Å². The molecule has 1 fully saturated rings. The number of carbonyl (C=O) groups is 2. The molecule has 2 heterocycles. The number of rotatable bonds is 6. The topological polar surface area (TPSA) is 109 Å². The summed E-state index contributed by atoms with van der Waals surface area (Å²) in [6.07, 6.45) is 2.64. The van der Waals surface area contributed by atoms with Crippen LogP contribution >= 0.6 is 0 Å². The van der Waals surface area contributed by atoms with Crippen LogP contribution < -0.4 is 10.6 Å². The first-order valence-electron chi connectivity index (χ1n) is 8.24. The van der Waals surface area contributed by atoms with Crippen molar-refractivity contribution in [3.8, 4) is 0 Å². The van der Waals surface area contributed by atoms with Crippen molar-refractivity contribution < 1.29 is 22.4 Å². The summed E-state index contributed by atoms with van der Waals surface area (Å²) in [5.41, 5.74) is 0.429. The van der Waals surface area contributed by atoms with Crippen LogP contribution in [0, 0.1) is 19.8 Å². The number of amides is 2. The van der Waals surface area contributed by atoms with E-state index in [1.54, 1.807) is 19.9 Å². The Balaban J connectivity index is 1.69. The molecule has 0 unspecified atom stereocenters. The van der Waals surface area contributed by atoms with Gasteiger partial charge < -0.3 is 15.1 Å². The number of nitrogens with one attached hydrogen (secondary N) is 2. The number of piperidine rings is 1. The van der Waals surface area contributed by atoms with Gasteiger partial charge in [-0.15, -0.1) is 0 Å². The van der Waals surface area contributed by atoms with Crippen LogP contribution in [0.1, 0.15) is 34.7 Å². The molecule has 2 rings (SSSR count). The zero-order valence-corrected chi connectivity index (χ0v) is 15.6. The van der Waals surface area contributed by atoms with E-state index >= 15 is 0 Å². The van der Waals surface area contributed by atoms with Gasteiger partial charge in [0.25, 0.3) is 5.91 Å². The molecular weight excluding hydrogens is 346 g/mol. The number of aryl methyl sites for hydroxylation is 2. The number of hydrogen-bond acceptors (Lipinski definition) is 5. The lowest BCUT2D eigenvalue weighted by Gasteiger charge is -2.30. The van der Waals surface area contributed by atoms with Crippen LogP contribution in [-0.4, -0.2) is 57.0 Å². The molecule has 140 valence electrons. The highest BCUT2D eigenvalue weighted by atomic mass is 32.2. The van der Waals surface area contributed by atoms with Gasteiger partial charge in [0.2, 0.25) is 15.9 Å². The van der Waals surface area contributed by atoms with Crippen molar-refractivity contribution >= 4 is 21.8 Å². The largest absolute Gasteiger partial charge is 0.466 e. The smallest absolute Gasteiger partial charge is 0.255 e. The Bertz CT molecular complexity index is 733. The van der Waals surface area contributed by atoms with Crippen molar-refractivity contribution in [1.82, 2.24) is 14.9 Å². The van der Waals surface area contributed by atoms with E-state index in [-0.39, 0.29) is 24.3 Å². The van der Waals surface area contributed by atoms with Gasteiger partial charge in [0.1, 0.15) is 11.5 Å². The molecule has 0 saturated carbocycles. The Labute approximate surface area is 148 Å². The first-order valence-corrected chi connectivity index (χ1v) is 10.1. The number of carbonyl (C=O) groups excluding carboxylic acids is 2. The Morgan fingerprint density at radius 2 is 1.88 bits per heavy atom. The van der Waals surface area contributed by atoms with Crippen LogP contribution in [0.2, 0.25) is 0 Å². The van der Waals surface area contributed by atoms with Gasteiger partial charge in [0.15, 0.2) is 0 Å². The summed E-state index contributed by atoms with van der Waals surface area (Å²) in [6.45, 7) is 4.79. The Kier molecular flexibility index (Phi) is 6.23. The van der Waals surface area contributed by atoms with Gasteiger partial charge >= 0.3 is 0 Å². The lowest BCUT2D eigenvalue weighted by molar-refractivity contribution is -0.120. The van der Waals surface area contributed by atoms with E-state index in [2.05, 4.69) is 10.6 Å². The third kappa shape index (κ3) is 5.57. The van der Waals surface area contributed by atoms with Crippen LogP contribution in [0.25, 0.3) is 0 Å². The Morgan fingerprint density at radius 3 is 2.40 bits per heavy atom. The van der Waals surface area contributed by atoms with Crippen molar-refractivity contribution in [2.45, 2.75) is 26.7 Å². The first kappa shape index (κ1) is 19.5. The molecule has 0 spiro atoms. The maximum Gasteiger partial charge on any atom is 0.255 e. The summed E-state index contributed by atoms with van der Waals surface area (Å²) in [5.74, 6) is 0.805. The molecule has 0 bridgehead atoms. The molecule has 1 aliphatic heterocycles. The van der Waals surface area contributed by atoms with Crippen molar-refractivity contribution in [3.05, 3.63) is 23.2 Å². The van der Waals surface area contributed by atoms with E-state index in [1.165, 1.54) is 10.6 Å². The van der Waals surface area contributed by atoms with Gasteiger partial charge in [0.05, 0.1) is 18.4 Å². The molecule has 0 atom stereocenters. The summed E-state index contributed by atoms with van der Waals surface area (Å²) < 4.78 is 29.7. The average Bonchev–Trinajstić information content (AvgIpc) is 2.88. The molecule has 0 aromatic carbocycles. The molecule has 25 heavy (non-hydrogen) atoms. The number of nitrogens with zero attached hydrogens (tertiary/aromatic N) is 1. The van der Waals surface area contributed by atoms with Crippen LogP contribution in [0.3, 0.4) is 0 Å². The van der Waals surface area contributed by atoms with Crippen molar-refractivity contribution in [1.29, 1.82) is 0 Å². The van der Waals surface area contributed by atoms with Gasteiger partial charge in [0, 0.05) is 19.6 Å². The second-order valence-electron chi connectivity index (χ2n) is 6.42. The fourth-order valence-electron chi connectivity index (χ4n) is 2.88. The predicted molar refractivity (Wildman–Crippen MR) is 92.7 cm³/mol. The standard InChI is InChI=1S/C16H25N3O5S/c1-11-8-14(12(2)24-11)16(21)18-10-15(20)17-9-13-4-6-19(7-5-13)25(3,22)23/h8,13H,4-7,9-10H2,1-3H3,(H,17,20)(H,18,21). The molecule has 1 saturated heterocycles. The SMILES string of the molecule is Cc1cc(C(=O)NCC(=O)NCC2CCN(S(C)(=O)=O)CC2)c(C)o1. The third-order valence-electron chi connectivity index (χ3n) is 4.33. The van der Waals surface area contributed by atoms with Crippen LogP contribution in [0.4, 0.5) is 0 Å². The molecule has 1 aromatic rings. The van der Waals surface area contributed by atoms with E-state index in [0.29, 0.717) is 49.6 Å². The number of sulfonamides is 1. The molecule has 9 heteroatoms. The van der Waals surface area contributed by atoms with Crippen LogP contribution in [-0.2, 0) is 14.8 Å². The second-order valence-corrected chi connectivity index (χ2v) is 8.40. The number of furan rings is 1. The van der Waals surface area contributed by atoms with Crippen molar-refractivity contribution in [2.75, 3.05) is 32.4 Å². The Hall–Kier alpha value is -1.87. The van der Waals surface area contributed by atoms with Crippen molar-refractivity contribution in [2.24, 2.45) is 5.92 Å². The van der Waals surface area contributed by atoms with Gasteiger partial charge in [-0.05, 0) is 38.7 Å². The fraction of sp³-hybridized carbons (Fsp3) is 0.625. The van der Waals surface area contributed by atoms with Gasteiger partial charge in [-0.25, -0.2) is 12.7 Å². The van der Waals surface area contributed by atoms with Crippen LogP contribution in [0.5, 0.6) is 0 Å². The molecule has 1 aromatic heterocycles. The molecule has 1 aliphatic rings. The summed E-state index contributed by atoms with van der Waals surface area (Å²) in [6, 6.07) is 1.64. The maximum absolute atomic E-state index is 12.0.